The predicted octanol–water partition coefficient (Wildman–Crippen LogP) is 5.77. The number of rotatable bonds is 6. The molecule has 1 N–H and O–H groups in total. The molecule has 0 aromatic heterocycles. The van der Waals surface area contributed by atoms with Crippen LogP contribution in [0.25, 0.3) is 5.57 Å². The lowest BCUT2D eigenvalue weighted by Gasteiger charge is -2.27. The third-order valence-electron chi connectivity index (χ3n) is 5.46. The molecule has 0 bridgehead atoms. The average Bonchev–Trinajstić information content (AvgIpc) is 2.74. The number of allylic oxidation sites excluding steroid dienone is 2. The molecule has 0 saturated heterocycles. The first-order valence-corrected chi connectivity index (χ1v) is 11.2. The molecule has 2 rings (SSSR count). The number of nitrogens with zero attached hydrogens (tertiary/aromatic N) is 2. The Labute approximate surface area is 200 Å². The van der Waals surface area contributed by atoms with Crippen LogP contribution in [0.15, 0.2) is 36.0 Å². The number of aryl methyl sites for hydroxylation is 2. The van der Waals surface area contributed by atoms with Gasteiger partial charge in [-0.05, 0) is 45.4 Å². The molecule has 2 aromatic carbocycles. The van der Waals surface area contributed by atoms with Gasteiger partial charge in [-0.15, -0.1) is 0 Å². The summed E-state index contributed by atoms with van der Waals surface area (Å²) in [4.78, 5) is 27.6. The summed E-state index contributed by atoms with van der Waals surface area (Å²) < 4.78 is 29.7. The lowest BCUT2D eigenvalue weighted by atomic mass is 9.85. The number of carbonyl (C=O) groups is 2. The zero-order chi connectivity index (χ0) is 25.8. The van der Waals surface area contributed by atoms with E-state index in [0.717, 1.165) is 23.3 Å². The lowest BCUT2D eigenvalue weighted by Crippen LogP contribution is -2.36. The van der Waals surface area contributed by atoms with Crippen LogP contribution < -0.4 is 5.32 Å². The lowest BCUT2D eigenvalue weighted by molar-refractivity contribution is 0.0759. The van der Waals surface area contributed by atoms with E-state index in [4.69, 9.17) is 0 Å². The number of nitriles is 1. The highest BCUT2D eigenvalue weighted by molar-refractivity contribution is 6.08. The van der Waals surface area contributed by atoms with Gasteiger partial charge in [0.1, 0.15) is 17.7 Å². The van der Waals surface area contributed by atoms with Gasteiger partial charge in [0.05, 0.1) is 16.7 Å². The second kappa shape index (κ2) is 10.6. The first kappa shape index (κ1) is 26.7. The fraction of sp³-hybridized carbons (Fsp3) is 0.370. The Hall–Kier alpha value is -3.53. The molecule has 0 atom stereocenters. The van der Waals surface area contributed by atoms with E-state index in [2.05, 4.69) is 11.4 Å². The van der Waals surface area contributed by atoms with E-state index in [9.17, 15) is 23.6 Å². The predicted molar refractivity (Wildman–Crippen MR) is 129 cm³/mol. The van der Waals surface area contributed by atoms with Gasteiger partial charge >= 0.3 is 0 Å². The Bertz CT molecular complexity index is 1160. The summed E-state index contributed by atoms with van der Waals surface area (Å²) >= 11 is 0. The Kier molecular flexibility index (Phi) is 8.33. The molecule has 0 heterocycles. The molecular formula is C27H31F2N3O2. The number of benzene rings is 2. The summed E-state index contributed by atoms with van der Waals surface area (Å²) in [6, 6.07) is 9.41. The standard InChI is InChI=1S/C27H31F2N3O2/c1-8-32(9-2)26(34)23-21(29)11-10-20(28)22(23)25(33)31-24(27(5,6)7)19(15-30)18-13-16(3)12-17(4)14-18/h10-14H,8-9H2,1-7H3,(H,31,33)/b24-19-. The number of nitrogens with one attached hydrogen (secondary N) is 1. The second-order valence-electron chi connectivity index (χ2n) is 9.20. The topological polar surface area (TPSA) is 73.2 Å². The third-order valence-corrected chi connectivity index (χ3v) is 5.46. The summed E-state index contributed by atoms with van der Waals surface area (Å²) in [6.07, 6.45) is 0. The van der Waals surface area contributed by atoms with Gasteiger partial charge in [0, 0.05) is 24.2 Å². The van der Waals surface area contributed by atoms with Gasteiger partial charge in [0.15, 0.2) is 0 Å². The van der Waals surface area contributed by atoms with Crippen molar-refractivity contribution in [3.63, 3.8) is 0 Å². The van der Waals surface area contributed by atoms with Crippen molar-refractivity contribution >= 4 is 17.4 Å². The number of hydrogen-bond acceptors (Lipinski definition) is 3. The van der Waals surface area contributed by atoms with Crippen LogP contribution in [-0.2, 0) is 0 Å². The van der Waals surface area contributed by atoms with Gasteiger partial charge in [-0.3, -0.25) is 9.59 Å². The average molecular weight is 468 g/mol. The zero-order valence-corrected chi connectivity index (χ0v) is 20.8. The van der Waals surface area contributed by atoms with Crippen molar-refractivity contribution in [2.45, 2.75) is 48.5 Å². The van der Waals surface area contributed by atoms with E-state index in [1.807, 2.05) is 32.0 Å². The highest BCUT2D eigenvalue weighted by atomic mass is 19.1. The third kappa shape index (κ3) is 5.69. The van der Waals surface area contributed by atoms with Gasteiger partial charge in [-0.25, -0.2) is 8.78 Å². The van der Waals surface area contributed by atoms with Crippen molar-refractivity contribution in [1.29, 1.82) is 5.26 Å². The molecule has 2 aromatic rings. The quantitative estimate of drug-likeness (QED) is 0.548. The SMILES string of the molecule is CCN(CC)C(=O)c1c(F)ccc(F)c1C(=O)N/C(=C(/C#N)c1cc(C)cc(C)c1)C(C)(C)C. The Morgan fingerprint density at radius 1 is 0.971 bits per heavy atom. The molecule has 2 amide bonds. The maximum atomic E-state index is 14.9. The van der Waals surface area contributed by atoms with Crippen LogP contribution in [0.2, 0.25) is 0 Å². The zero-order valence-electron chi connectivity index (χ0n) is 20.8. The highest BCUT2D eigenvalue weighted by Crippen LogP contribution is 2.32. The van der Waals surface area contributed by atoms with Gasteiger partial charge in [0.25, 0.3) is 11.8 Å². The van der Waals surface area contributed by atoms with Crippen LogP contribution in [0.3, 0.4) is 0 Å². The van der Waals surface area contributed by atoms with Crippen LogP contribution in [0.5, 0.6) is 0 Å². The van der Waals surface area contributed by atoms with Crippen molar-refractivity contribution in [2.24, 2.45) is 5.41 Å². The van der Waals surface area contributed by atoms with Crippen LogP contribution in [-0.4, -0.2) is 29.8 Å². The normalized spacial score (nSPS) is 12.0. The minimum absolute atomic E-state index is 0.209. The summed E-state index contributed by atoms with van der Waals surface area (Å²) in [7, 11) is 0. The molecule has 0 radical (unpaired) electrons. The van der Waals surface area contributed by atoms with Gasteiger partial charge in [-0.1, -0.05) is 50.1 Å². The van der Waals surface area contributed by atoms with Crippen molar-refractivity contribution < 1.29 is 18.4 Å². The van der Waals surface area contributed by atoms with Crippen molar-refractivity contribution in [3.05, 3.63) is 75.5 Å². The molecule has 5 nitrogen and oxygen atoms in total. The maximum Gasteiger partial charge on any atom is 0.259 e. The fourth-order valence-corrected chi connectivity index (χ4v) is 3.84. The highest BCUT2D eigenvalue weighted by Gasteiger charge is 2.31. The first-order chi connectivity index (χ1) is 15.8. The molecule has 0 aliphatic carbocycles. The van der Waals surface area contributed by atoms with E-state index in [1.54, 1.807) is 34.6 Å². The van der Waals surface area contributed by atoms with E-state index >= 15 is 0 Å². The van der Waals surface area contributed by atoms with E-state index in [-0.39, 0.29) is 24.4 Å². The first-order valence-electron chi connectivity index (χ1n) is 11.2. The van der Waals surface area contributed by atoms with E-state index in [0.29, 0.717) is 5.56 Å². The minimum atomic E-state index is -1.02. The Balaban J connectivity index is 2.72. The van der Waals surface area contributed by atoms with Gasteiger partial charge in [-0.2, -0.15) is 5.26 Å². The van der Waals surface area contributed by atoms with Crippen LogP contribution in [0, 0.1) is 42.2 Å². The number of amides is 2. The van der Waals surface area contributed by atoms with Gasteiger partial charge in [0.2, 0.25) is 0 Å². The Morgan fingerprint density at radius 3 is 1.91 bits per heavy atom. The monoisotopic (exact) mass is 467 g/mol. The molecule has 7 heteroatoms. The van der Waals surface area contributed by atoms with Crippen LogP contribution >= 0.6 is 0 Å². The molecule has 0 saturated carbocycles. The molecule has 0 aliphatic heterocycles. The number of halogens is 2. The Morgan fingerprint density at radius 2 is 1.47 bits per heavy atom. The van der Waals surface area contributed by atoms with Crippen molar-refractivity contribution in [2.75, 3.05) is 13.1 Å². The minimum Gasteiger partial charge on any atom is -0.339 e. The second-order valence-corrected chi connectivity index (χ2v) is 9.20. The molecule has 34 heavy (non-hydrogen) atoms. The summed E-state index contributed by atoms with van der Waals surface area (Å²) in [5.41, 5.74) is 0.887. The molecule has 180 valence electrons. The summed E-state index contributed by atoms with van der Waals surface area (Å²) in [5, 5.41) is 12.6. The number of carbonyl (C=O) groups excluding carboxylic acids is 2. The van der Waals surface area contributed by atoms with E-state index < -0.39 is 40.0 Å². The van der Waals surface area contributed by atoms with Crippen LogP contribution in [0.4, 0.5) is 8.78 Å². The smallest absolute Gasteiger partial charge is 0.259 e. The maximum absolute atomic E-state index is 14.9. The molecular weight excluding hydrogens is 436 g/mol. The summed E-state index contributed by atoms with van der Waals surface area (Å²) in [5.74, 6) is -3.77. The van der Waals surface area contributed by atoms with E-state index in [1.165, 1.54) is 4.90 Å². The molecule has 0 aliphatic rings. The summed E-state index contributed by atoms with van der Waals surface area (Å²) in [6.45, 7) is 13.1. The van der Waals surface area contributed by atoms with Gasteiger partial charge < -0.3 is 10.2 Å². The number of hydrogen-bond donors (Lipinski definition) is 1. The van der Waals surface area contributed by atoms with Crippen molar-refractivity contribution in [3.8, 4) is 6.07 Å². The molecule has 0 spiro atoms. The molecule has 0 unspecified atom stereocenters. The molecule has 0 fully saturated rings. The van der Waals surface area contributed by atoms with Crippen molar-refractivity contribution in [1.82, 2.24) is 10.2 Å². The fourth-order valence-electron chi connectivity index (χ4n) is 3.84. The largest absolute Gasteiger partial charge is 0.339 e. The van der Waals surface area contributed by atoms with Crippen LogP contribution in [0.1, 0.15) is 72.0 Å².